The number of nitrogens with one attached hydrogen (secondary N) is 2. The first-order valence-corrected chi connectivity index (χ1v) is 14.6. The summed E-state index contributed by atoms with van der Waals surface area (Å²) in [6.45, 7) is 3.84. The van der Waals surface area contributed by atoms with Gasteiger partial charge in [0.25, 0.3) is 5.13 Å². The van der Waals surface area contributed by atoms with Crippen LogP contribution in [-0.4, -0.2) is 76.8 Å². The van der Waals surface area contributed by atoms with Gasteiger partial charge >= 0.3 is 19.7 Å². The fraction of sp³-hybridized carbons (Fsp3) is 0.625. The largest absolute Gasteiger partial charge is 0.462 e. The molecule has 3 N–H and O–H groups in total. The van der Waals surface area contributed by atoms with Gasteiger partial charge in [0.1, 0.15) is 24.0 Å². The number of aliphatic hydroxyl groups excluding tert-OH is 1. The molecule has 39 heavy (non-hydrogen) atoms. The fourth-order valence-electron chi connectivity index (χ4n) is 4.20. The quantitative estimate of drug-likeness (QED) is 0.199. The molecule has 2 aliphatic heterocycles. The van der Waals surface area contributed by atoms with Crippen LogP contribution in [0.15, 0.2) is 24.3 Å². The van der Waals surface area contributed by atoms with Gasteiger partial charge in [-0.3, -0.25) is 24.3 Å². The third kappa shape index (κ3) is 7.08. The summed E-state index contributed by atoms with van der Waals surface area (Å²) in [6, 6.07) is 4.87. The fourth-order valence-corrected chi connectivity index (χ4v) is 6.01. The Morgan fingerprint density at radius 1 is 1.36 bits per heavy atom. The lowest BCUT2D eigenvalue weighted by Crippen LogP contribution is -2.58. The smallest absolute Gasteiger partial charge is 0.459 e. The van der Waals surface area contributed by atoms with E-state index in [-0.39, 0.29) is 18.7 Å². The summed E-state index contributed by atoms with van der Waals surface area (Å²) in [5, 5.41) is 12.1. The van der Waals surface area contributed by atoms with Crippen LogP contribution < -0.4 is 14.9 Å². The molecule has 0 radical (unpaired) electrons. The third-order valence-corrected chi connectivity index (χ3v) is 8.40. The van der Waals surface area contributed by atoms with Gasteiger partial charge in [-0.2, -0.15) is 5.09 Å². The van der Waals surface area contributed by atoms with E-state index in [9.17, 15) is 24.1 Å². The van der Waals surface area contributed by atoms with Crippen LogP contribution >= 0.6 is 19.3 Å². The molecule has 3 fully saturated rings. The summed E-state index contributed by atoms with van der Waals surface area (Å²) >= 11 is 5.94. The highest BCUT2D eigenvalue weighted by molar-refractivity contribution is 7.52. The maximum Gasteiger partial charge on any atom is 0.459 e. The molecule has 1 aromatic rings. The van der Waals surface area contributed by atoms with E-state index >= 15 is 4.39 Å². The number of esters is 1. The Balaban J connectivity index is 1.50. The van der Waals surface area contributed by atoms with E-state index in [1.54, 1.807) is 32.0 Å². The number of imide groups is 1. The van der Waals surface area contributed by atoms with Gasteiger partial charge in [-0.15, -0.1) is 0 Å². The lowest BCUT2D eigenvalue weighted by molar-refractivity contribution is -0.149. The molecule has 2 heterocycles. The molecule has 1 aromatic carbocycles. The van der Waals surface area contributed by atoms with Crippen LogP contribution in [0.25, 0.3) is 0 Å². The second kappa shape index (κ2) is 11.7. The minimum atomic E-state index is -4.36. The number of nitrogens with zero attached hydrogens (tertiary/aromatic N) is 1. The van der Waals surface area contributed by atoms with E-state index in [4.69, 9.17) is 30.1 Å². The Morgan fingerprint density at radius 3 is 2.72 bits per heavy atom. The van der Waals surface area contributed by atoms with Gasteiger partial charge in [-0.1, -0.05) is 23.7 Å². The molecule has 216 valence electrons. The molecular weight excluding hydrogens is 560 g/mol. The van der Waals surface area contributed by atoms with Crippen LogP contribution in [0.2, 0.25) is 0 Å². The second-order valence-corrected chi connectivity index (χ2v) is 12.3. The lowest BCUT2D eigenvalue weighted by atomic mass is 10.1. The Hall–Kier alpha value is -2.28. The minimum Gasteiger partial charge on any atom is -0.462 e. The first kappa shape index (κ1) is 29.7. The average Bonchev–Trinajstić information content (AvgIpc) is 3.66. The Labute approximate surface area is 230 Å². The topological polar surface area (TPSA) is 153 Å². The molecule has 4 rings (SSSR count). The normalized spacial score (nSPS) is 29.6. The van der Waals surface area contributed by atoms with E-state index in [0.717, 1.165) is 23.3 Å². The number of ether oxygens (including phenoxy) is 2. The van der Waals surface area contributed by atoms with Crippen LogP contribution in [0.4, 0.5) is 9.18 Å². The van der Waals surface area contributed by atoms with Crippen LogP contribution in [0.3, 0.4) is 0 Å². The molecule has 1 saturated carbocycles. The number of hydrogen-bond acceptors (Lipinski definition) is 9. The predicted molar refractivity (Wildman–Crippen MR) is 136 cm³/mol. The van der Waals surface area contributed by atoms with E-state index in [1.807, 2.05) is 11.4 Å². The number of rotatable bonds is 11. The van der Waals surface area contributed by atoms with Crippen molar-refractivity contribution in [2.24, 2.45) is 0 Å². The Morgan fingerprint density at radius 2 is 2.08 bits per heavy atom. The number of hydrogen-bond donors (Lipinski definition) is 3. The van der Waals surface area contributed by atoms with E-state index in [0.29, 0.717) is 5.92 Å². The number of halogens is 2. The molecule has 1 unspecified atom stereocenters. The zero-order valence-electron chi connectivity index (χ0n) is 21.7. The molecule has 0 bridgehead atoms. The molecular formula is C24H32ClFN3O9P. The summed E-state index contributed by atoms with van der Waals surface area (Å²) in [5.74, 6) is -0.675. The van der Waals surface area contributed by atoms with Crippen molar-refractivity contribution in [1.29, 1.82) is 0 Å². The first-order chi connectivity index (χ1) is 18.3. The Kier molecular flexibility index (Phi) is 8.89. The molecule has 0 aromatic heterocycles. The number of alkyl halides is 2. The zero-order valence-corrected chi connectivity index (χ0v) is 23.3. The molecule has 1 aliphatic carbocycles. The molecule has 0 spiro atoms. The van der Waals surface area contributed by atoms with Crippen LogP contribution in [0, 0.1) is 0 Å². The van der Waals surface area contributed by atoms with Crippen molar-refractivity contribution in [3.63, 3.8) is 0 Å². The van der Waals surface area contributed by atoms with Crippen molar-refractivity contribution in [2.75, 3.05) is 13.2 Å². The molecule has 12 nitrogen and oxygen atoms in total. The van der Waals surface area contributed by atoms with E-state index in [1.165, 1.54) is 6.92 Å². The van der Waals surface area contributed by atoms with Crippen molar-refractivity contribution in [1.82, 2.24) is 15.3 Å². The standard InChI is InChI=1S/C24H32ClFN3O9P/c1-13(2)36-21(32)14(3)28-39(34,38-17-6-4-5-16(11-17)15-7-8-15)35-12-18-20(31)24(25,26)22(37-18)29-10-9-19(30)27-23(29)33/h4-6,11,13-15,18,20,22,31H,7-10,12H2,1-3H3,(H,28,34)(H,27,30,33)/t14-,18+,20+,22+,24+,39?/m0/s1. The highest BCUT2D eigenvalue weighted by Gasteiger charge is 2.60. The van der Waals surface area contributed by atoms with Crippen LogP contribution in [0.5, 0.6) is 5.75 Å². The first-order valence-electron chi connectivity index (χ1n) is 12.6. The minimum absolute atomic E-state index is 0.118. The van der Waals surface area contributed by atoms with Gasteiger partial charge in [0.15, 0.2) is 6.23 Å². The number of urea groups is 1. The lowest BCUT2D eigenvalue weighted by Gasteiger charge is -2.34. The van der Waals surface area contributed by atoms with E-state index in [2.05, 4.69) is 5.09 Å². The monoisotopic (exact) mass is 591 g/mol. The number of benzene rings is 1. The second-order valence-electron chi connectivity index (χ2n) is 10.0. The maximum atomic E-state index is 15.4. The number of aliphatic hydroxyl groups is 1. The van der Waals surface area contributed by atoms with Gasteiger partial charge in [0.2, 0.25) is 5.91 Å². The third-order valence-electron chi connectivity index (χ3n) is 6.35. The molecule has 15 heteroatoms. The summed E-state index contributed by atoms with van der Waals surface area (Å²) in [6.07, 6.45) is -3.76. The van der Waals surface area contributed by atoms with Gasteiger partial charge in [-0.25, -0.2) is 13.8 Å². The number of carbonyl (C=O) groups is 3. The summed E-state index contributed by atoms with van der Waals surface area (Å²) in [4.78, 5) is 36.9. The number of carbonyl (C=O) groups excluding carboxylic acids is 3. The number of amides is 3. The summed E-state index contributed by atoms with van der Waals surface area (Å²) in [7, 11) is -4.36. The van der Waals surface area contributed by atoms with E-state index < -0.39 is 68.0 Å². The predicted octanol–water partition coefficient (Wildman–Crippen LogP) is 2.93. The summed E-state index contributed by atoms with van der Waals surface area (Å²) < 4.78 is 51.1. The molecule has 3 aliphatic rings. The van der Waals surface area contributed by atoms with Gasteiger partial charge in [0, 0.05) is 13.0 Å². The molecule has 3 amide bonds. The van der Waals surface area contributed by atoms with Gasteiger partial charge in [0.05, 0.1) is 12.7 Å². The zero-order chi connectivity index (χ0) is 28.5. The van der Waals surface area contributed by atoms with Crippen LogP contribution in [0.1, 0.15) is 51.5 Å². The molecule has 2 saturated heterocycles. The van der Waals surface area contributed by atoms with Crippen molar-refractivity contribution < 1.29 is 47.0 Å². The highest BCUT2D eigenvalue weighted by atomic mass is 35.5. The molecule has 6 atom stereocenters. The summed E-state index contributed by atoms with van der Waals surface area (Å²) in [5.41, 5.74) is 0.992. The Bertz CT molecular complexity index is 1150. The van der Waals surface area contributed by atoms with Crippen molar-refractivity contribution >= 4 is 37.3 Å². The van der Waals surface area contributed by atoms with Crippen molar-refractivity contribution in [2.45, 2.75) is 81.7 Å². The van der Waals surface area contributed by atoms with Gasteiger partial charge in [-0.05, 0) is 57.2 Å². The SMILES string of the molecule is CC(C)OC(=O)[C@H](C)NP(=O)(OC[C@H]1O[C@@H](N2CCC(=O)NC2=O)[C@@](F)(Cl)[C@@H]1O)Oc1cccc(C2CC2)c1. The van der Waals surface area contributed by atoms with Crippen LogP contribution in [-0.2, 0) is 28.2 Å². The van der Waals surface area contributed by atoms with Crippen molar-refractivity contribution in [3.05, 3.63) is 29.8 Å². The highest BCUT2D eigenvalue weighted by Crippen LogP contribution is 2.48. The van der Waals surface area contributed by atoms with Gasteiger partial charge < -0.3 is 19.1 Å². The maximum absolute atomic E-state index is 15.4. The average molecular weight is 592 g/mol. The van der Waals surface area contributed by atoms with Crippen molar-refractivity contribution in [3.8, 4) is 5.75 Å².